The van der Waals surface area contributed by atoms with Crippen LogP contribution < -0.4 is 5.32 Å². The molecule has 0 radical (unpaired) electrons. The lowest BCUT2D eigenvalue weighted by Gasteiger charge is -1.98. The van der Waals surface area contributed by atoms with Crippen LogP contribution in [0.3, 0.4) is 0 Å². The van der Waals surface area contributed by atoms with Crippen LogP contribution in [-0.4, -0.2) is 29.3 Å². The second-order valence-corrected chi connectivity index (χ2v) is 2.30. The Balaban J connectivity index is 2.67. The van der Waals surface area contributed by atoms with Gasteiger partial charge in [0.05, 0.1) is 0 Å². The first-order valence-electron chi connectivity index (χ1n) is 3.18. The molecule has 0 bridgehead atoms. The number of nitrogens with one attached hydrogen (secondary N) is 1. The number of hydrogen-bond acceptors (Lipinski definition) is 3. The highest BCUT2D eigenvalue weighted by molar-refractivity contribution is 6.37. The minimum atomic E-state index is -1.54. The fourth-order valence-electron chi connectivity index (χ4n) is 0.993. The molecule has 5 heteroatoms. The number of carboxylic acids is 1. The van der Waals surface area contributed by atoms with Crippen LogP contribution in [0.2, 0.25) is 0 Å². The van der Waals surface area contributed by atoms with Crippen LogP contribution in [0.15, 0.2) is 0 Å². The number of carbonyl (C=O) groups excluding carboxylic acids is 2. The van der Waals surface area contributed by atoms with Crippen molar-refractivity contribution in [3.05, 3.63) is 0 Å². The van der Waals surface area contributed by atoms with E-state index >= 15 is 0 Å². The molecular weight excluding hydrogens is 150 g/mol. The molecule has 1 amide bonds. The molecule has 60 valence electrons. The van der Waals surface area contributed by atoms with Gasteiger partial charge in [0.15, 0.2) is 0 Å². The summed E-state index contributed by atoms with van der Waals surface area (Å²) < 4.78 is 0. The molecule has 0 saturated carbocycles. The molecule has 2 N–H and O–H groups in total. The van der Waals surface area contributed by atoms with Gasteiger partial charge in [-0.1, -0.05) is 0 Å². The Morgan fingerprint density at radius 2 is 2.18 bits per heavy atom. The van der Waals surface area contributed by atoms with Crippen molar-refractivity contribution in [3.63, 3.8) is 0 Å². The van der Waals surface area contributed by atoms with Gasteiger partial charge < -0.3 is 10.4 Å². The zero-order chi connectivity index (χ0) is 8.43. The Morgan fingerprint density at radius 3 is 2.55 bits per heavy atom. The number of carbonyl (C=O) groups is 3. The normalized spacial score (nSPS) is 22.9. The van der Waals surface area contributed by atoms with Crippen molar-refractivity contribution in [1.29, 1.82) is 0 Å². The van der Waals surface area contributed by atoms with Crippen molar-refractivity contribution in [2.24, 2.45) is 5.92 Å². The van der Waals surface area contributed by atoms with E-state index in [1.807, 2.05) is 0 Å². The molecule has 0 aromatic rings. The van der Waals surface area contributed by atoms with E-state index in [1.165, 1.54) is 0 Å². The Morgan fingerprint density at radius 1 is 1.55 bits per heavy atom. The van der Waals surface area contributed by atoms with Crippen LogP contribution >= 0.6 is 0 Å². The Bertz CT molecular complexity index is 223. The number of Topliss-reactive ketones (excluding diaryl/α,β-unsaturated/α-hetero) is 1. The van der Waals surface area contributed by atoms with Crippen molar-refractivity contribution < 1.29 is 19.5 Å². The van der Waals surface area contributed by atoms with E-state index in [0.29, 0.717) is 13.0 Å². The lowest BCUT2D eigenvalue weighted by Crippen LogP contribution is -2.29. The van der Waals surface area contributed by atoms with Gasteiger partial charge in [0.2, 0.25) is 5.91 Å². The highest BCUT2D eigenvalue weighted by atomic mass is 16.4. The average Bonchev–Trinajstić information content (AvgIpc) is 2.33. The van der Waals surface area contributed by atoms with E-state index < -0.39 is 23.6 Å². The van der Waals surface area contributed by atoms with E-state index in [1.54, 1.807) is 0 Å². The van der Waals surface area contributed by atoms with Crippen LogP contribution in [-0.2, 0) is 14.4 Å². The molecule has 1 atom stereocenters. The average molecular weight is 157 g/mol. The van der Waals surface area contributed by atoms with E-state index in [0.717, 1.165) is 0 Å². The number of hydrogen-bond donors (Lipinski definition) is 2. The van der Waals surface area contributed by atoms with Crippen LogP contribution in [0.25, 0.3) is 0 Å². The summed E-state index contributed by atoms with van der Waals surface area (Å²) in [5.41, 5.74) is 0. The summed E-state index contributed by atoms with van der Waals surface area (Å²) in [4.78, 5) is 31.5. The monoisotopic (exact) mass is 157 g/mol. The Hall–Kier alpha value is -1.39. The molecule has 5 nitrogen and oxygen atoms in total. The molecule has 0 aromatic heterocycles. The van der Waals surface area contributed by atoms with E-state index in [2.05, 4.69) is 5.32 Å². The van der Waals surface area contributed by atoms with Gasteiger partial charge in [0, 0.05) is 6.54 Å². The van der Waals surface area contributed by atoms with E-state index in [-0.39, 0.29) is 0 Å². The number of ketones is 1. The molecule has 0 spiro atoms. The Kier molecular flexibility index (Phi) is 1.89. The van der Waals surface area contributed by atoms with Crippen LogP contribution in [0.4, 0.5) is 0 Å². The standard InChI is InChI=1S/C6H7NO4/c8-4(6(10)11)3-1-2-7-5(3)9/h3H,1-2H2,(H,7,9)(H,10,11). The van der Waals surface area contributed by atoms with E-state index in [9.17, 15) is 14.4 Å². The Labute approximate surface area is 62.4 Å². The molecule has 1 fully saturated rings. The summed E-state index contributed by atoms with van der Waals surface area (Å²) in [7, 11) is 0. The van der Waals surface area contributed by atoms with Crippen molar-refractivity contribution in [2.75, 3.05) is 6.54 Å². The molecule has 0 aromatic carbocycles. The van der Waals surface area contributed by atoms with Gasteiger partial charge in [-0.3, -0.25) is 9.59 Å². The fraction of sp³-hybridized carbons (Fsp3) is 0.500. The predicted molar refractivity (Wildman–Crippen MR) is 33.8 cm³/mol. The summed E-state index contributed by atoms with van der Waals surface area (Å²) in [5.74, 6) is -3.99. The molecule has 1 aliphatic rings. The summed E-state index contributed by atoms with van der Waals surface area (Å²) in [6.45, 7) is 0.391. The maximum Gasteiger partial charge on any atom is 0.373 e. The minimum Gasteiger partial charge on any atom is -0.475 e. The molecule has 1 aliphatic heterocycles. The third-order valence-electron chi connectivity index (χ3n) is 1.58. The first kappa shape index (κ1) is 7.71. The van der Waals surface area contributed by atoms with Crippen molar-refractivity contribution >= 4 is 17.7 Å². The molecule has 0 aliphatic carbocycles. The van der Waals surface area contributed by atoms with Gasteiger partial charge >= 0.3 is 5.97 Å². The van der Waals surface area contributed by atoms with Gasteiger partial charge in [0.25, 0.3) is 5.78 Å². The highest BCUT2D eigenvalue weighted by Crippen LogP contribution is 2.09. The number of rotatable bonds is 2. The molecular formula is C6H7NO4. The van der Waals surface area contributed by atoms with Crippen LogP contribution in [0, 0.1) is 5.92 Å². The number of amides is 1. The van der Waals surface area contributed by atoms with Gasteiger partial charge in [-0.25, -0.2) is 4.79 Å². The summed E-state index contributed by atoms with van der Waals surface area (Å²) in [5, 5.41) is 10.6. The predicted octanol–water partition coefficient (Wildman–Crippen LogP) is -1.22. The third kappa shape index (κ3) is 1.36. The summed E-state index contributed by atoms with van der Waals surface area (Å²) in [6.07, 6.45) is 0.296. The van der Waals surface area contributed by atoms with Crippen LogP contribution in [0.1, 0.15) is 6.42 Å². The van der Waals surface area contributed by atoms with Gasteiger partial charge in [-0.2, -0.15) is 0 Å². The summed E-state index contributed by atoms with van der Waals surface area (Å²) in [6, 6.07) is 0. The van der Waals surface area contributed by atoms with E-state index in [4.69, 9.17) is 5.11 Å². The zero-order valence-corrected chi connectivity index (χ0v) is 5.66. The van der Waals surface area contributed by atoms with Gasteiger partial charge in [-0.05, 0) is 6.42 Å². The quantitative estimate of drug-likeness (QED) is 0.388. The largest absolute Gasteiger partial charge is 0.475 e. The maximum absolute atomic E-state index is 10.7. The van der Waals surface area contributed by atoms with Crippen molar-refractivity contribution in [2.45, 2.75) is 6.42 Å². The second-order valence-electron chi connectivity index (χ2n) is 2.30. The van der Waals surface area contributed by atoms with Crippen molar-refractivity contribution in [1.82, 2.24) is 5.32 Å². The lowest BCUT2D eigenvalue weighted by molar-refractivity contribution is -0.152. The number of aliphatic carboxylic acids is 1. The minimum absolute atomic E-state index is 0.296. The SMILES string of the molecule is O=C(O)C(=O)C1CCNC1=O. The topological polar surface area (TPSA) is 83.5 Å². The highest BCUT2D eigenvalue weighted by Gasteiger charge is 2.34. The third-order valence-corrected chi connectivity index (χ3v) is 1.58. The van der Waals surface area contributed by atoms with Gasteiger partial charge in [-0.15, -0.1) is 0 Å². The molecule has 1 saturated heterocycles. The molecule has 1 rings (SSSR count). The van der Waals surface area contributed by atoms with Gasteiger partial charge in [0.1, 0.15) is 5.92 Å². The second kappa shape index (κ2) is 2.69. The summed E-state index contributed by atoms with van der Waals surface area (Å²) >= 11 is 0. The first-order valence-corrected chi connectivity index (χ1v) is 3.18. The first-order chi connectivity index (χ1) is 5.13. The van der Waals surface area contributed by atoms with Crippen LogP contribution in [0.5, 0.6) is 0 Å². The van der Waals surface area contributed by atoms with Crippen molar-refractivity contribution in [3.8, 4) is 0 Å². The zero-order valence-electron chi connectivity index (χ0n) is 5.66. The maximum atomic E-state index is 10.7. The molecule has 1 unspecified atom stereocenters. The number of carboxylic acid groups (broad SMARTS) is 1. The fourth-order valence-corrected chi connectivity index (χ4v) is 0.993. The molecule has 1 heterocycles. The smallest absolute Gasteiger partial charge is 0.373 e. The molecule has 11 heavy (non-hydrogen) atoms. The lowest BCUT2D eigenvalue weighted by atomic mass is 10.0.